The number of likely N-dealkylation sites (tertiary alicyclic amines) is 1. The van der Waals surface area contributed by atoms with E-state index in [1.165, 1.54) is 5.56 Å². The van der Waals surface area contributed by atoms with Crippen molar-refractivity contribution in [1.29, 1.82) is 5.26 Å². The summed E-state index contributed by atoms with van der Waals surface area (Å²) in [6.45, 7) is 13.1. The van der Waals surface area contributed by atoms with Gasteiger partial charge in [-0.05, 0) is 76.3 Å². The number of fused-ring (bicyclic) bond motifs is 1. The maximum absolute atomic E-state index is 10.1. The predicted octanol–water partition coefficient (Wildman–Crippen LogP) is 8.47. The van der Waals surface area contributed by atoms with Crippen molar-refractivity contribution in [1.82, 2.24) is 24.9 Å². The van der Waals surface area contributed by atoms with Gasteiger partial charge >= 0.3 is 0 Å². The van der Waals surface area contributed by atoms with Gasteiger partial charge in [0, 0.05) is 41.3 Å². The summed E-state index contributed by atoms with van der Waals surface area (Å²) in [6, 6.07) is 24.5. The molecular weight excluding hydrogens is 592 g/mol. The number of anilines is 2. The summed E-state index contributed by atoms with van der Waals surface area (Å²) in [7, 11) is 0. The molecule has 1 aliphatic rings. The van der Waals surface area contributed by atoms with Gasteiger partial charge in [0.25, 0.3) is 0 Å². The van der Waals surface area contributed by atoms with Crippen LogP contribution in [0.15, 0.2) is 79.1 Å². The molecule has 0 bridgehead atoms. The van der Waals surface area contributed by atoms with Crippen LogP contribution in [0.2, 0.25) is 5.02 Å². The van der Waals surface area contributed by atoms with E-state index in [0.29, 0.717) is 27.8 Å². The van der Waals surface area contributed by atoms with Gasteiger partial charge in [0.2, 0.25) is 0 Å². The van der Waals surface area contributed by atoms with E-state index >= 15 is 0 Å². The Balaban J connectivity index is 1.35. The molecule has 236 valence electrons. The lowest BCUT2D eigenvalue weighted by Crippen LogP contribution is -2.46. The van der Waals surface area contributed by atoms with Gasteiger partial charge < -0.3 is 10.6 Å². The third-order valence-electron chi connectivity index (χ3n) is 9.12. The van der Waals surface area contributed by atoms with Crippen molar-refractivity contribution in [3.63, 3.8) is 0 Å². The summed E-state index contributed by atoms with van der Waals surface area (Å²) in [5, 5.41) is 28.0. The fourth-order valence-corrected chi connectivity index (χ4v) is 6.73. The molecule has 5 aromatic rings. The number of halogens is 1. The minimum atomic E-state index is -0.300. The fourth-order valence-electron chi connectivity index (χ4n) is 6.52. The van der Waals surface area contributed by atoms with E-state index in [4.69, 9.17) is 16.6 Å². The van der Waals surface area contributed by atoms with Gasteiger partial charge in [-0.3, -0.25) is 9.88 Å². The molecule has 9 heteroatoms. The fraction of sp³-hybridized carbons (Fsp3) is 0.351. The molecule has 1 aliphatic heterocycles. The highest BCUT2D eigenvalue weighted by Gasteiger charge is 2.29. The van der Waals surface area contributed by atoms with Crippen LogP contribution in [0.3, 0.4) is 0 Å². The molecule has 0 radical (unpaired) electrons. The van der Waals surface area contributed by atoms with E-state index in [9.17, 15) is 5.26 Å². The minimum absolute atomic E-state index is 0.0448. The Kier molecular flexibility index (Phi) is 8.99. The van der Waals surface area contributed by atoms with Gasteiger partial charge in [-0.1, -0.05) is 71.4 Å². The first kappa shape index (κ1) is 31.5. The largest absolute Gasteiger partial charge is 0.377 e. The zero-order valence-corrected chi connectivity index (χ0v) is 27.9. The van der Waals surface area contributed by atoms with Crippen molar-refractivity contribution in [2.75, 3.05) is 23.7 Å². The number of hydrogen-bond donors (Lipinski definition) is 2. The topological polar surface area (TPSA) is 94.7 Å². The quantitative estimate of drug-likeness (QED) is 0.177. The highest BCUT2D eigenvalue weighted by atomic mass is 35.5. The second-order valence-electron chi connectivity index (χ2n) is 13.2. The van der Waals surface area contributed by atoms with Crippen LogP contribution in [-0.4, -0.2) is 43.5 Å². The number of nitrogens with one attached hydrogen (secondary N) is 2. The first-order valence-electron chi connectivity index (χ1n) is 15.9. The average molecular weight is 633 g/mol. The van der Waals surface area contributed by atoms with Gasteiger partial charge in [-0.2, -0.15) is 5.26 Å². The number of aryl methyl sites for hydroxylation is 1. The molecule has 1 saturated heterocycles. The second kappa shape index (κ2) is 13.1. The summed E-state index contributed by atoms with van der Waals surface area (Å²) < 4.78 is 2.04. The standard InChI is InChI=1S/C37H41ClN8/c1-24-11-9-10-14-30(24)25(2)41-34-27(21-39)22-40-36-31(34)19-28(38)20-32(36)42-35(26-12-7-6-8-13-26)33-23-46(44-43-33)29-15-17-45(18-16-29)37(3,4)5/h6-14,19-20,22-23,25,29,35,42H,15-18H2,1-5H3,(H,40,41)/t25-,35+/m1/s1. The summed E-state index contributed by atoms with van der Waals surface area (Å²) in [5.74, 6) is 0. The summed E-state index contributed by atoms with van der Waals surface area (Å²) >= 11 is 6.78. The van der Waals surface area contributed by atoms with Crippen LogP contribution in [0, 0.1) is 18.3 Å². The summed E-state index contributed by atoms with van der Waals surface area (Å²) in [5.41, 5.74) is 7.00. The Morgan fingerprint density at radius 2 is 1.72 bits per heavy atom. The number of benzene rings is 3. The third kappa shape index (κ3) is 6.57. The molecular formula is C37H41ClN8. The first-order valence-corrected chi connectivity index (χ1v) is 16.3. The lowest BCUT2D eigenvalue weighted by molar-refractivity contribution is 0.0866. The molecule has 2 N–H and O–H groups in total. The van der Waals surface area contributed by atoms with Crippen LogP contribution in [0.1, 0.15) is 86.6 Å². The molecule has 46 heavy (non-hydrogen) atoms. The first-order chi connectivity index (χ1) is 22.1. The molecule has 0 saturated carbocycles. The Morgan fingerprint density at radius 3 is 2.41 bits per heavy atom. The van der Waals surface area contributed by atoms with Crippen LogP contribution in [0.4, 0.5) is 11.4 Å². The maximum atomic E-state index is 10.1. The number of pyridine rings is 1. The molecule has 3 aromatic carbocycles. The van der Waals surface area contributed by atoms with Crippen molar-refractivity contribution in [2.24, 2.45) is 0 Å². The van der Waals surface area contributed by atoms with E-state index in [-0.39, 0.29) is 17.6 Å². The summed E-state index contributed by atoms with van der Waals surface area (Å²) in [6.07, 6.45) is 5.77. The monoisotopic (exact) mass is 632 g/mol. The van der Waals surface area contributed by atoms with Crippen LogP contribution in [-0.2, 0) is 0 Å². The van der Waals surface area contributed by atoms with Crippen LogP contribution in [0.25, 0.3) is 10.9 Å². The SMILES string of the molecule is Cc1ccccc1[C@@H](C)Nc1c(C#N)cnc2c(N[C@@H](c3ccccc3)c3cn(C4CCN(C(C)(C)C)CC4)nn3)cc(Cl)cc12. The van der Waals surface area contributed by atoms with Gasteiger partial charge in [-0.25, -0.2) is 4.68 Å². The normalized spacial score (nSPS) is 15.8. The maximum Gasteiger partial charge on any atom is 0.109 e. The molecule has 0 aliphatic carbocycles. The van der Waals surface area contributed by atoms with E-state index in [2.05, 4.69) is 97.0 Å². The Morgan fingerprint density at radius 1 is 1.00 bits per heavy atom. The molecule has 0 amide bonds. The van der Waals surface area contributed by atoms with Crippen LogP contribution in [0.5, 0.6) is 0 Å². The lowest BCUT2D eigenvalue weighted by atomic mass is 9.98. The number of aromatic nitrogens is 4. The molecule has 0 unspecified atom stereocenters. The van der Waals surface area contributed by atoms with Crippen LogP contribution < -0.4 is 10.6 Å². The van der Waals surface area contributed by atoms with Gasteiger partial charge in [0.15, 0.2) is 0 Å². The molecule has 2 aromatic heterocycles. The van der Waals surface area contributed by atoms with Crippen molar-refractivity contribution in [3.05, 3.63) is 112 Å². The number of nitriles is 1. The smallest absolute Gasteiger partial charge is 0.109 e. The lowest BCUT2D eigenvalue weighted by Gasteiger charge is -2.40. The van der Waals surface area contributed by atoms with Crippen molar-refractivity contribution in [3.8, 4) is 6.07 Å². The molecule has 1 fully saturated rings. The van der Waals surface area contributed by atoms with E-state index in [0.717, 1.165) is 53.8 Å². The van der Waals surface area contributed by atoms with Gasteiger partial charge in [-0.15, -0.1) is 5.10 Å². The third-order valence-corrected chi connectivity index (χ3v) is 9.33. The zero-order chi connectivity index (χ0) is 32.4. The Bertz CT molecular complexity index is 1860. The zero-order valence-electron chi connectivity index (χ0n) is 27.1. The van der Waals surface area contributed by atoms with E-state index < -0.39 is 0 Å². The van der Waals surface area contributed by atoms with E-state index in [1.54, 1.807) is 6.20 Å². The predicted molar refractivity (Wildman–Crippen MR) is 186 cm³/mol. The Hall–Kier alpha value is -4.45. The number of rotatable bonds is 8. The summed E-state index contributed by atoms with van der Waals surface area (Å²) in [4.78, 5) is 7.30. The van der Waals surface area contributed by atoms with Crippen LogP contribution >= 0.6 is 11.6 Å². The van der Waals surface area contributed by atoms with Crippen molar-refractivity contribution < 1.29 is 0 Å². The number of nitrogens with zero attached hydrogens (tertiary/aromatic N) is 6. The average Bonchev–Trinajstić information content (AvgIpc) is 3.54. The van der Waals surface area contributed by atoms with E-state index in [1.807, 2.05) is 47.1 Å². The van der Waals surface area contributed by atoms with Gasteiger partial charge in [0.05, 0.1) is 40.7 Å². The molecule has 6 rings (SSSR count). The number of piperidine rings is 1. The van der Waals surface area contributed by atoms with Crippen molar-refractivity contribution >= 4 is 33.9 Å². The second-order valence-corrected chi connectivity index (χ2v) is 13.7. The molecule has 0 spiro atoms. The molecule has 2 atom stereocenters. The van der Waals surface area contributed by atoms with Crippen molar-refractivity contribution in [2.45, 2.75) is 71.1 Å². The minimum Gasteiger partial charge on any atom is -0.377 e. The molecule has 3 heterocycles. The Labute approximate surface area is 276 Å². The highest BCUT2D eigenvalue weighted by Crippen LogP contribution is 2.38. The molecule has 8 nitrogen and oxygen atoms in total. The highest BCUT2D eigenvalue weighted by molar-refractivity contribution is 6.32. The van der Waals surface area contributed by atoms with Gasteiger partial charge in [0.1, 0.15) is 11.8 Å². The number of hydrogen-bond acceptors (Lipinski definition) is 7.